The third-order valence-electron chi connectivity index (χ3n) is 4.96. The van der Waals surface area contributed by atoms with Crippen LogP contribution < -0.4 is 5.32 Å². The summed E-state index contributed by atoms with van der Waals surface area (Å²) in [7, 11) is -0.211. The van der Waals surface area contributed by atoms with Crippen LogP contribution in [0, 0.1) is 5.41 Å². The molecule has 2 saturated heterocycles. The molecule has 3 rings (SSSR count). The van der Waals surface area contributed by atoms with Crippen LogP contribution in [0.25, 0.3) is 0 Å². The minimum Gasteiger partial charge on any atom is -0.316 e. The van der Waals surface area contributed by atoms with Crippen LogP contribution in [-0.4, -0.2) is 57.9 Å². The van der Waals surface area contributed by atoms with Gasteiger partial charge in [-0.15, -0.1) is 12.4 Å². The van der Waals surface area contributed by atoms with Crippen molar-refractivity contribution in [1.82, 2.24) is 14.5 Å². The third kappa shape index (κ3) is 3.88. The molecule has 1 atom stereocenters. The van der Waals surface area contributed by atoms with Gasteiger partial charge in [-0.2, -0.15) is 0 Å². The molecule has 2 aliphatic rings. The van der Waals surface area contributed by atoms with Gasteiger partial charge in [0.1, 0.15) is 0 Å². The zero-order chi connectivity index (χ0) is 15.8. The molecule has 130 valence electrons. The molecule has 0 aliphatic carbocycles. The summed E-state index contributed by atoms with van der Waals surface area (Å²) in [4.78, 5) is 2.85. The molecular weight excluding hydrogens is 334 g/mol. The number of nitrogens with zero attached hydrogens (tertiary/aromatic N) is 2. The zero-order valence-corrected chi connectivity index (χ0v) is 15.4. The number of rotatable bonds is 4. The standard InChI is InChI=1S/C16H25N3O2S.ClH/c1-18(2)22(20,21)15-5-3-14(4-6-15)11-19-10-8-16(13-19)7-9-17-12-16;/h3-6,17H,7-13H2,1-2H3;1H. The van der Waals surface area contributed by atoms with Crippen molar-refractivity contribution in [3.05, 3.63) is 29.8 Å². The Hall–Kier alpha value is -0.660. The molecule has 0 aromatic heterocycles. The van der Waals surface area contributed by atoms with E-state index in [0.29, 0.717) is 10.3 Å². The zero-order valence-electron chi connectivity index (χ0n) is 13.8. The van der Waals surface area contributed by atoms with Crippen LogP contribution in [0.1, 0.15) is 18.4 Å². The average Bonchev–Trinajstić information content (AvgIpc) is 3.10. The maximum absolute atomic E-state index is 12.1. The summed E-state index contributed by atoms with van der Waals surface area (Å²) in [6, 6.07) is 7.31. The second-order valence-electron chi connectivity index (χ2n) is 6.82. The van der Waals surface area contributed by atoms with Crippen molar-refractivity contribution in [3.63, 3.8) is 0 Å². The summed E-state index contributed by atoms with van der Waals surface area (Å²) in [5, 5.41) is 3.48. The Balaban J connectivity index is 0.00000192. The topological polar surface area (TPSA) is 52.7 Å². The van der Waals surface area contributed by atoms with Crippen molar-refractivity contribution < 1.29 is 8.42 Å². The molecule has 1 aromatic carbocycles. The minimum absolute atomic E-state index is 0. The van der Waals surface area contributed by atoms with Crippen LogP contribution in [0.4, 0.5) is 0 Å². The first-order chi connectivity index (χ1) is 10.4. The third-order valence-corrected chi connectivity index (χ3v) is 6.79. The summed E-state index contributed by atoms with van der Waals surface area (Å²) in [5.41, 5.74) is 1.66. The van der Waals surface area contributed by atoms with Gasteiger partial charge in [0.15, 0.2) is 0 Å². The van der Waals surface area contributed by atoms with Crippen LogP contribution >= 0.6 is 12.4 Å². The normalized spacial score (nSPS) is 25.2. The smallest absolute Gasteiger partial charge is 0.242 e. The van der Waals surface area contributed by atoms with Crippen LogP contribution in [0.3, 0.4) is 0 Å². The highest BCUT2D eigenvalue weighted by Crippen LogP contribution is 2.36. The molecule has 1 aromatic rings. The Kier molecular flexibility index (Phi) is 5.74. The van der Waals surface area contributed by atoms with Gasteiger partial charge in [0, 0.05) is 33.7 Å². The van der Waals surface area contributed by atoms with E-state index in [-0.39, 0.29) is 12.4 Å². The van der Waals surface area contributed by atoms with E-state index in [1.54, 1.807) is 26.2 Å². The molecule has 1 unspecified atom stereocenters. The van der Waals surface area contributed by atoms with Crippen molar-refractivity contribution in [2.24, 2.45) is 5.41 Å². The lowest BCUT2D eigenvalue weighted by Crippen LogP contribution is -2.29. The second kappa shape index (κ2) is 7.07. The van der Waals surface area contributed by atoms with E-state index in [9.17, 15) is 8.42 Å². The predicted molar refractivity (Wildman–Crippen MR) is 94.4 cm³/mol. The summed E-state index contributed by atoms with van der Waals surface area (Å²) >= 11 is 0. The molecular formula is C16H26ClN3O2S. The lowest BCUT2D eigenvalue weighted by Gasteiger charge is -2.23. The lowest BCUT2D eigenvalue weighted by atomic mass is 9.87. The van der Waals surface area contributed by atoms with Crippen molar-refractivity contribution in [1.29, 1.82) is 0 Å². The van der Waals surface area contributed by atoms with Gasteiger partial charge in [-0.25, -0.2) is 12.7 Å². The summed E-state index contributed by atoms with van der Waals surface area (Å²) in [6.07, 6.45) is 2.55. The quantitative estimate of drug-likeness (QED) is 0.886. The van der Waals surface area contributed by atoms with Gasteiger partial charge < -0.3 is 5.32 Å². The average molecular weight is 360 g/mol. The van der Waals surface area contributed by atoms with E-state index >= 15 is 0 Å². The lowest BCUT2D eigenvalue weighted by molar-refractivity contribution is 0.268. The number of benzene rings is 1. The summed E-state index contributed by atoms with van der Waals surface area (Å²) < 4.78 is 25.4. The highest BCUT2D eigenvalue weighted by atomic mass is 35.5. The SMILES string of the molecule is CN(C)S(=O)(=O)c1ccc(CN2CCC3(CCNC3)C2)cc1.Cl. The monoisotopic (exact) mass is 359 g/mol. The Morgan fingerprint density at radius 1 is 1.22 bits per heavy atom. The van der Waals surface area contributed by atoms with E-state index in [4.69, 9.17) is 0 Å². The Bertz CT molecular complexity index is 625. The number of likely N-dealkylation sites (tertiary alicyclic amines) is 1. The van der Waals surface area contributed by atoms with Gasteiger partial charge in [0.05, 0.1) is 4.90 Å². The number of sulfonamides is 1. The molecule has 7 heteroatoms. The number of halogens is 1. The van der Waals surface area contributed by atoms with Gasteiger partial charge in [-0.05, 0) is 49.0 Å². The van der Waals surface area contributed by atoms with Crippen molar-refractivity contribution >= 4 is 22.4 Å². The largest absolute Gasteiger partial charge is 0.316 e. The molecule has 0 bridgehead atoms. The number of hydrogen-bond acceptors (Lipinski definition) is 4. The number of hydrogen-bond donors (Lipinski definition) is 1. The predicted octanol–water partition coefficient (Wildman–Crippen LogP) is 1.54. The molecule has 1 spiro atoms. The van der Waals surface area contributed by atoms with Crippen LogP contribution in [0.15, 0.2) is 29.2 Å². The van der Waals surface area contributed by atoms with Crippen molar-refractivity contribution in [2.45, 2.75) is 24.3 Å². The summed E-state index contributed by atoms with van der Waals surface area (Å²) in [6.45, 7) is 5.48. The highest BCUT2D eigenvalue weighted by molar-refractivity contribution is 7.89. The fourth-order valence-electron chi connectivity index (χ4n) is 3.54. The van der Waals surface area contributed by atoms with Crippen molar-refractivity contribution in [3.8, 4) is 0 Å². The molecule has 23 heavy (non-hydrogen) atoms. The van der Waals surface area contributed by atoms with Crippen LogP contribution in [0.5, 0.6) is 0 Å². The first-order valence-electron chi connectivity index (χ1n) is 7.86. The summed E-state index contributed by atoms with van der Waals surface area (Å²) in [5.74, 6) is 0. The highest BCUT2D eigenvalue weighted by Gasteiger charge is 2.39. The van der Waals surface area contributed by atoms with Crippen molar-refractivity contribution in [2.75, 3.05) is 40.3 Å². The van der Waals surface area contributed by atoms with E-state index in [2.05, 4.69) is 10.2 Å². The van der Waals surface area contributed by atoms with E-state index in [1.807, 2.05) is 12.1 Å². The number of nitrogens with one attached hydrogen (secondary N) is 1. The Labute approximate surface area is 145 Å². The van der Waals surface area contributed by atoms with Gasteiger partial charge in [0.25, 0.3) is 0 Å². The van der Waals surface area contributed by atoms with Gasteiger partial charge in [-0.1, -0.05) is 12.1 Å². The Morgan fingerprint density at radius 2 is 1.91 bits per heavy atom. The molecule has 2 fully saturated rings. The molecule has 2 aliphatic heterocycles. The van der Waals surface area contributed by atoms with Gasteiger partial charge in [0.2, 0.25) is 10.0 Å². The van der Waals surface area contributed by atoms with Gasteiger partial charge >= 0.3 is 0 Å². The van der Waals surface area contributed by atoms with Gasteiger partial charge in [-0.3, -0.25) is 4.90 Å². The minimum atomic E-state index is -3.33. The van der Waals surface area contributed by atoms with E-state index in [1.165, 1.54) is 22.7 Å². The molecule has 1 N–H and O–H groups in total. The molecule has 0 radical (unpaired) electrons. The van der Waals surface area contributed by atoms with E-state index in [0.717, 1.165) is 32.7 Å². The van der Waals surface area contributed by atoms with E-state index < -0.39 is 10.0 Å². The first kappa shape index (κ1) is 18.7. The fourth-order valence-corrected chi connectivity index (χ4v) is 4.44. The molecule has 0 saturated carbocycles. The Morgan fingerprint density at radius 3 is 2.48 bits per heavy atom. The second-order valence-corrected chi connectivity index (χ2v) is 8.97. The fraction of sp³-hybridized carbons (Fsp3) is 0.625. The van der Waals surface area contributed by atoms with Crippen LogP contribution in [0.2, 0.25) is 0 Å². The first-order valence-corrected chi connectivity index (χ1v) is 9.30. The van der Waals surface area contributed by atoms with Crippen LogP contribution in [-0.2, 0) is 16.6 Å². The maximum Gasteiger partial charge on any atom is 0.242 e. The maximum atomic E-state index is 12.1. The molecule has 0 amide bonds. The molecule has 2 heterocycles. The molecule has 5 nitrogen and oxygen atoms in total.